The molecule has 0 saturated carbocycles. The quantitative estimate of drug-likeness (QED) is 0.433. The third-order valence-corrected chi connectivity index (χ3v) is 5.89. The molecule has 0 bridgehead atoms. The van der Waals surface area contributed by atoms with E-state index in [0.717, 1.165) is 12.3 Å². The fraction of sp³-hybridized carbons (Fsp3) is 0.211. The number of rotatable bonds is 5. The molecule has 30 heavy (non-hydrogen) atoms. The monoisotopic (exact) mass is 431 g/mol. The number of amides is 3. The number of carbonyl (C=O) groups is 3. The minimum absolute atomic E-state index is 0.00703. The molecule has 0 unspecified atom stereocenters. The van der Waals surface area contributed by atoms with Crippen LogP contribution in [-0.4, -0.2) is 48.3 Å². The molecular formula is C19H17N3O7S. The van der Waals surface area contributed by atoms with E-state index in [-0.39, 0.29) is 21.7 Å². The summed E-state index contributed by atoms with van der Waals surface area (Å²) in [6.45, 7) is 2.95. The Kier molecular flexibility index (Phi) is 5.16. The minimum Gasteiger partial charge on any atom is -0.324 e. The van der Waals surface area contributed by atoms with Crippen LogP contribution in [0.5, 0.6) is 0 Å². The minimum atomic E-state index is -3.51. The molecular weight excluding hydrogens is 414 g/mol. The van der Waals surface area contributed by atoms with Gasteiger partial charge in [-0.2, -0.15) is 0 Å². The van der Waals surface area contributed by atoms with E-state index in [1.165, 1.54) is 37.3 Å². The van der Waals surface area contributed by atoms with Gasteiger partial charge < -0.3 is 5.32 Å². The van der Waals surface area contributed by atoms with Gasteiger partial charge in [-0.15, -0.1) is 0 Å². The molecule has 3 rings (SSSR count). The molecule has 0 aromatic heterocycles. The average molecular weight is 431 g/mol. The summed E-state index contributed by atoms with van der Waals surface area (Å²) < 4.78 is 23.5. The van der Waals surface area contributed by atoms with Gasteiger partial charge in [0.1, 0.15) is 11.6 Å². The molecule has 156 valence electrons. The van der Waals surface area contributed by atoms with Crippen molar-refractivity contribution in [1.82, 2.24) is 4.90 Å². The average Bonchev–Trinajstić information content (AvgIpc) is 2.92. The maximum absolute atomic E-state index is 12.7. The molecule has 1 atom stereocenters. The zero-order valence-corrected chi connectivity index (χ0v) is 17.0. The van der Waals surface area contributed by atoms with E-state index >= 15 is 0 Å². The van der Waals surface area contributed by atoms with Crippen molar-refractivity contribution in [2.75, 3.05) is 11.6 Å². The predicted octanol–water partition coefficient (Wildman–Crippen LogP) is 1.93. The first kappa shape index (κ1) is 21.1. The maximum Gasteiger partial charge on any atom is 0.282 e. The summed E-state index contributed by atoms with van der Waals surface area (Å²) in [5.74, 6) is -2.50. The number of imide groups is 1. The Bertz CT molecular complexity index is 1220. The van der Waals surface area contributed by atoms with Crippen LogP contribution in [-0.2, 0) is 14.6 Å². The molecule has 10 nitrogen and oxygen atoms in total. The lowest BCUT2D eigenvalue weighted by Crippen LogP contribution is -2.45. The highest BCUT2D eigenvalue weighted by molar-refractivity contribution is 7.90. The van der Waals surface area contributed by atoms with Crippen LogP contribution in [0.1, 0.15) is 33.2 Å². The number of anilines is 1. The van der Waals surface area contributed by atoms with Crippen molar-refractivity contribution < 1.29 is 27.7 Å². The van der Waals surface area contributed by atoms with Crippen molar-refractivity contribution in [2.45, 2.75) is 24.8 Å². The number of benzene rings is 2. The second-order valence-electron chi connectivity index (χ2n) is 6.85. The fourth-order valence-electron chi connectivity index (χ4n) is 3.11. The van der Waals surface area contributed by atoms with Gasteiger partial charge in [0.25, 0.3) is 17.5 Å². The van der Waals surface area contributed by atoms with Crippen molar-refractivity contribution in [3.05, 3.63) is 63.2 Å². The van der Waals surface area contributed by atoms with E-state index < -0.39 is 44.2 Å². The van der Waals surface area contributed by atoms with Crippen LogP contribution < -0.4 is 5.32 Å². The van der Waals surface area contributed by atoms with Gasteiger partial charge in [-0.1, -0.05) is 12.1 Å². The molecule has 1 heterocycles. The smallest absolute Gasteiger partial charge is 0.282 e. The standard InChI is InChI=1S/C19H17N3O7S/c1-10-7-8-12(30(3,28)29)9-14(10)20-17(23)11(2)21-18(24)13-5-4-6-15(22(26)27)16(13)19(21)25/h4-9,11H,1-3H3,(H,20,23)/t11-/m0/s1. The number of nitrogens with zero attached hydrogens (tertiary/aromatic N) is 2. The highest BCUT2D eigenvalue weighted by atomic mass is 32.2. The summed E-state index contributed by atoms with van der Waals surface area (Å²) in [6, 6.07) is 6.58. The maximum atomic E-state index is 12.7. The number of hydrogen-bond acceptors (Lipinski definition) is 7. The first-order valence-corrected chi connectivity index (χ1v) is 10.6. The van der Waals surface area contributed by atoms with Gasteiger partial charge in [-0.25, -0.2) is 8.42 Å². The number of sulfone groups is 1. The number of hydrogen-bond donors (Lipinski definition) is 1. The van der Waals surface area contributed by atoms with Gasteiger partial charge in [0.05, 0.1) is 15.4 Å². The van der Waals surface area contributed by atoms with Crippen molar-refractivity contribution in [3.8, 4) is 0 Å². The highest BCUT2D eigenvalue weighted by Gasteiger charge is 2.44. The summed E-state index contributed by atoms with van der Waals surface area (Å²) in [5.41, 5.74) is -0.248. The van der Waals surface area contributed by atoms with Gasteiger partial charge in [-0.05, 0) is 37.6 Å². The SMILES string of the molecule is Cc1ccc(S(C)(=O)=O)cc1NC(=O)[C@H](C)N1C(=O)c2cccc([N+](=O)[O-])c2C1=O. The molecule has 1 aliphatic rings. The Labute approximate surface area is 171 Å². The summed E-state index contributed by atoms with van der Waals surface area (Å²) in [7, 11) is -3.51. The lowest BCUT2D eigenvalue weighted by Gasteiger charge is -2.22. The molecule has 3 amide bonds. The van der Waals surface area contributed by atoms with Crippen molar-refractivity contribution in [1.29, 1.82) is 0 Å². The molecule has 0 aliphatic carbocycles. The van der Waals surface area contributed by atoms with Crippen molar-refractivity contribution in [2.24, 2.45) is 0 Å². The predicted molar refractivity (Wildman–Crippen MR) is 106 cm³/mol. The lowest BCUT2D eigenvalue weighted by atomic mass is 10.1. The Morgan fingerprint density at radius 3 is 2.43 bits per heavy atom. The Hall–Kier alpha value is -3.60. The van der Waals surface area contributed by atoms with Crippen LogP contribution in [0.4, 0.5) is 11.4 Å². The summed E-state index contributed by atoms with van der Waals surface area (Å²) >= 11 is 0. The summed E-state index contributed by atoms with van der Waals surface area (Å²) in [5, 5.41) is 13.7. The summed E-state index contributed by atoms with van der Waals surface area (Å²) in [6.07, 6.45) is 1.03. The molecule has 2 aromatic carbocycles. The van der Waals surface area contributed by atoms with Crippen molar-refractivity contribution in [3.63, 3.8) is 0 Å². The van der Waals surface area contributed by atoms with Crippen molar-refractivity contribution >= 4 is 38.9 Å². The van der Waals surface area contributed by atoms with E-state index in [1.54, 1.807) is 6.92 Å². The molecule has 2 aromatic rings. The number of nitrogens with one attached hydrogen (secondary N) is 1. The normalized spacial score (nSPS) is 14.4. The van der Waals surface area contributed by atoms with Gasteiger partial charge in [0.15, 0.2) is 9.84 Å². The van der Waals surface area contributed by atoms with Gasteiger partial charge >= 0.3 is 0 Å². The Morgan fingerprint density at radius 1 is 1.17 bits per heavy atom. The van der Waals surface area contributed by atoms with E-state index in [9.17, 15) is 32.9 Å². The van der Waals surface area contributed by atoms with Crippen LogP contribution in [0, 0.1) is 17.0 Å². The zero-order chi connectivity index (χ0) is 22.4. The number of carbonyl (C=O) groups excluding carboxylic acids is 3. The Morgan fingerprint density at radius 2 is 1.83 bits per heavy atom. The van der Waals surface area contributed by atoms with Crippen LogP contribution in [0.3, 0.4) is 0 Å². The molecule has 0 saturated heterocycles. The third-order valence-electron chi connectivity index (χ3n) is 4.78. The van der Waals surface area contributed by atoms with Gasteiger partial charge in [0, 0.05) is 18.0 Å². The number of fused-ring (bicyclic) bond motifs is 1. The molecule has 11 heteroatoms. The lowest BCUT2D eigenvalue weighted by molar-refractivity contribution is -0.385. The van der Waals surface area contributed by atoms with Crippen LogP contribution in [0.25, 0.3) is 0 Å². The van der Waals surface area contributed by atoms with Crippen LogP contribution in [0.15, 0.2) is 41.3 Å². The van der Waals surface area contributed by atoms with Crippen LogP contribution in [0.2, 0.25) is 0 Å². The number of aryl methyl sites for hydroxylation is 1. The first-order chi connectivity index (χ1) is 13.9. The molecule has 1 N–H and O–H groups in total. The van der Waals surface area contributed by atoms with Gasteiger partial charge in [0.2, 0.25) is 5.91 Å². The number of nitro groups is 1. The fourth-order valence-corrected chi connectivity index (χ4v) is 3.76. The van der Waals surface area contributed by atoms with Gasteiger partial charge in [-0.3, -0.25) is 29.4 Å². The highest BCUT2D eigenvalue weighted by Crippen LogP contribution is 2.32. The van der Waals surface area contributed by atoms with E-state index in [1.807, 2.05) is 0 Å². The second kappa shape index (κ2) is 7.34. The topological polar surface area (TPSA) is 144 Å². The first-order valence-electron chi connectivity index (χ1n) is 8.70. The second-order valence-corrected chi connectivity index (χ2v) is 8.87. The van der Waals surface area contributed by atoms with E-state index in [4.69, 9.17) is 0 Å². The van der Waals surface area contributed by atoms with E-state index in [2.05, 4.69) is 5.32 Å². The molecule has 0 fully saturated rings. The Balaban J connectivity index is 1.91. The van der Waals surface area contributed by atoms with E-state index in [0.29, 0.717) is 10.5 Å². The molecule has 0 spiro atoms. The van der Waals surface area contributed by atoms with Crippen LogP contribution >= 0.6 is 0 Å². The largest absolute Gasteiger partial charge is 0.324 e. The zero-order valence-electron chi connectivity index (χ0n) is 16.2. The third kappa shape index (κ3) is 3.54. The molecule has 1 aliphatic heterocycles. The molecule has 0 radical (unpaired) electrons. The number of nitro benzene ring substituents is 1. The summed E-state index contributed by atoms with van der Waals surface area (Å²) in [4.78, 5) is 49.2.